The lowest BCUT2D eigenvalue weighted by Gasteiger charge is -2.50. The van der Waals surface area contributed by atoms with Gasteiger partial charge in [0.1, 0.15) is 22.0 Å². The van der Waals surface area contributed by atoms with Crippen LogP contribution in [0.15, 0.2) is 47.4 Å². The standard InChI is InChI=1S/C25H27ClF5NO6S2/c1-23(2,3)38-22(33)5-4-12-32(40(36,37)25(29,30)31)18-14-24(15-18,20-13-17(27)8-11-21(20)28)39(34,35)19-9-6-16(26)7-10-19/h6-11,13,18H,4-5,12,14-15H2,1-3H3/t18-,24+. The first-order chi connectivity index (χ1) is 18.2. The lowest BCUT2D eigenvalue weighted by Crippen LogP contribution is -2.60. The fraction of sp³-hybridized carbons (Fsp3) is 0.480. The van der Waals surface area contributed by atoms with Gasteiger partial charge in [0.05, 0.1) is 4.90 Å². The van der Waals surface area contributed by atoms with Crippen LogP contribution in [0.4, 0.5) is 22.0 Å². The van der Waals surface area contributed by atoms with Crippen molar-refractivity contribution in [1.29, 1.82) is 0 Å². The van der Waals surface area contributed by atoms with Gasteiger partial charge in [-0.1, -0.05) is 11.6 Å². The molecule has 3 rings (SSSR count). The number of nitrogens with zero attached hydrogens (tertiary/aromatic N) is 1. The number of hydrogen-bond donors (Lipinski definition) is 0. The van der Waals surface area contributed by atoms with Crippen LogP contribution >= 0.6 is 11.6 Å². The molecular weight excluding hydrogens is 605 g/mol. The molecule has 0 aliphatic heterocycles. The van der Waals surface area contributed by atoms with Crippen molar-refractivity contribution in [2.75, 3.05) is 6.54 Å². The Morgan fingerprint density at radius 3 is 2.12 bits per heavy atom. The molecule has 0 unspecified atom stereocenters. The van der Waals surface area contributed by atoms with Crippen molar-refractivity contribution in [1.82, 2.24) is 4.31 Å². The summed E-state index contributed by atoms with van der Waals surface area (Å²) < 4.78 is 125. The number of rotatable bonds is 9. The molecule has 2 aromatic carbocycles. The zero-order chi connectivity index (χ0) is 30.3. The lowest BCUT2D eigenvalue weighted by atomic mass is 9.74. The number of carbonyl (C=O) groups excluding carboxylic acids is 1. The average molecular weight is 632 g/mol. The SMILES string of the molecule is CC(C)(C)OC(=O)CCCN([C@H]1C[C@@](c2cc(F)ccc2F)(S(=O)(=O)c2ccc(Cl)cc2)C1)S(=O)(=O)C(F)(F)F. The van der Waals surface area contributed by atoms with E-state index in [-0.39, 0.29) is 20.6 Å². The van der Waals surface area contributed by atoms with E-state index in [1.165, 1.54) is 12.1 Å². The number of sulfonamides is 1. The molecule has 0 heterocycles. The Hall–Kier alpha value is -2.29. The van der Waals surface area contributed by atoms with Gasteiger partial charge in [0.25, 0.3) is 0 Å². The van der Waals surface area contributed by atoms with Crippen LogP contribution in [0.2, 0.25) is 5.02 Å². The van der Waals surface area contributed by atoms with Crippen LogP contribution in [0, 0.1) is 11.6 Å². The predicted molar refractivity (Wildman–Crippen MR) is 136 cm³/mol. The Kier molecular flexibility index (Phi) is 9.01. The van der Waals surface area contributed by atoms with Crippen molar-refractivity contribution in [3.63, 3.8) is 0 Å². The van der Waals surface area contributed by atoms with Crippen molar-refractivity contribution in [2.24, 2.45) is 0 Å². The van der Waals surface area contributed by atoms with E-state index in [9.17, 15) is 43.6 Å². The van der Waals surface area contributed by atoms with E-state index in [1.807, 2.05) is 0 Å². The Morgan fingerprint density at radius 1 is 1.02 bits per heavy atom. The topological polar surface area (TPSA) is 97.8 Å². The molecule has 1 aliphatic carbocycles. The molecule has 0 N–H and O–H groups in total. The molecule has 0 bridgehead atoms. The van der Waals surface area contributed by atoms with Gasteiger partial charge in [0, 0.05) is 29.6 Å². The molecule has 1 saturated carbocycles. The highest BCUT2D eigenvalue weighted by molar-refractivity contribution is 7.92. The van der Waals surface area contributed by atoms with E-state index in [1.54, 1.807) is 20.8 Å². The van der Waals surface area contributed by atoms with Crippen LogP contribution in [0.1, 0.15) is 52.0 Å². The Labute approximate surface area is 234 Å². The van der Waals surface area contributed by atoms with Gasteiger partial charge in [-0.15, -0.1) is 0 Å². The first-order valence-electron chi connectivity index (χ1n) is 12.0. The van der Waals surface area contributed by atoms with E-state index in [2.05, 4.69) is 0 Å². The molecule has 40 heavy (non-hydrogen) atoms. The molecule has 222 valence electrons. The Balaban J connectivity index is 2.02. The van der Waals surface area contributed by atoms with Gasteiger partial charge in [-0.05, 0) is 82.5 Å². The molecule has 0 spiro atoms. The molecule has 0 saturated heterocycles. The summed E-state index contributed by atoms with van der Waals surface area (Å²) in [4.78, 5) is 11.7. The van der Waals surface area contributed by atoms with Crippen LogP contribution in [0.3, 0.4) is 0 Å². The highest BCUT2D eigenvalue weighted by Gasteiger charge is 2.62. The molecule has 2 aromatic rings. The molecule has 7 nitrogen and oxygen atoms in total. The number of sulfone groups is 1. The number of benzene rings is 2. The monoisotopic (exact) mass is 631 g/mol. The fourth-order valence-corrected chi connectivity index (χ4v) is 8.10. The quantitative estimate of drug-likeness (QED) is 0.259. The van der Waals surface area contributed by atoms with Gasteiger partial charge < -0.3 is 4.74 Å². The maximum absolute atomic E-state index is 15.0. The fourth-order valence-electron chi connectivity index (χ4n) is 4.58. The second-order valence-electron chi connectivity index (χ2n) is 10.4. The largest absolute Gasteiger partial charge is 0.511 e. The number of alkyl halides is 3. The van der Waals surface area contributed by atoms with Crippen LogP contribution in [0.25, 0.3) is 0 Å². The summed E-state index contributed by atoms with van der Waals surface area (Å²) in [7, 11) is -10.6. The van der Waals surface area contributed by atoms with Gasteiger partial charge in [-0.25, -0.2) is 25.6 Å². The highest BCUT2D eigenvalue weighted by Crippen LogP contribution is 2.54. The minimum Gasteiger partial charge on any atom is -0.460 e. The maximum Gasteiger partial charge on any atom is 0.511 e. The highest BCUT2D eigenvalue weighted by atomic mass is 35.5. The summed E-state index contributed by atoms with van der Waals surface area (Å²) >= 11 is 5.83. The molecule has 0 atom stereocenters. The number of carbonyl (C=O) groups is 1. The lowest BCUT2D eigenvalue weighted by molar-refractivity contribution is -0.155. The number of hydrogen-bond acceptors (Lipinski definition) is 6. The first kappa shape index (κ1) is 32.2. The smallest absolute Gasteiger partial charge is 0.460 e. The van der Waals surface area contributed by atoms with E-state index in [0.29, 0.717) is 12.1 Å². The van der Waals surface area contributed by atoms with Crippen LogP contribution in [0.5, 0.6) is 0 Å². The summed E-state index contributed by atoms with van der Waals surface area (Å²) in [6.07, 6.45) is -2.40. The minimum absolute atomic E-state index is 0.0736. The third kappa shape index (κ3) is 6.44. The summed E-state index contributed by atoms with van der Waals surface area (Å²) in [5.74, 6) is -2.90. The van der Waals surface area contributed by atoms with Crippen molar-refractivity contribution >= 4 is 37.4 Å². The molecule has 1 aliphatic rings. The Bertz CT molecular complexity index is 1470. The zero-order valence-electron chi connectivity index (χ0n) is 21.6. The second kappa shape index (κ2) is 11.2. The first-order valence-corrected chi connectivity index (χ1v) is 15.3. The summed E-state index contributed by atoms with van der Waals surface area (Å²) in [6.45, 7) is 3.93. The van der Waals surface area contributed by atoms with Gasteiger partial charge >= 0.3 is 21.5 Å². The van der Waals surface area contributed by atoms with Crippen LogP contribution in [-0.2, 0) is 34.1 Å². The van der Waals surface area contributed by atoms with Crippen LogP contribution < -0.4 is 0 Å². The number of halogens is 6. The molecule has 1 fully saturated rings. The van der Waals surface area contributed by atoms with Crippen molar-refractivity contribution < 1.29 is 48.3 Å². The normalized spacial score (nSPS) is 20.3. The average Bonchev–Trinajstić information content (AvgIpc) is 2.77. The Morgan fingerprint density at radius 2 is 1.60 bits per heavy atom. The summed E-state index contributed by atoms with van der Waals surface area (Å²) in [5, 5.41) is 0.170. The van der Waals surface area contributed by atoms with Gasteiger partial charge in [0.2, 0.25) is 0 Å². The number of esters is 1. The van der Waals surface area contributed by atoms with Crippen molar-refractivity contribution in [3.8, 4) is 0 Å². The van der Waals surface area contributed by atoms with E-state index < -0.39 is 90.7 Å². The number of ether oxygens (including phenoxy) is 1. The summed E-state index contributed by atoms with van der Waals surface area (Å²) in [5.41, 5.74) is -7.26. The van der Waals surface area contributed by atoms with Gasteiger partial charge in [-0.3, -0.25) is 4.79 Å². The molecule has 15 heteroatoms. The van der Waals surface area contributed by atoms with E-state index >= 15 is 0 Å². The molecule has 0 amide bonds. The van der Waals surface area contributed by atoms with E-state index in [4.69, 9.17) is 16.3 Å². The van der Waals surface area contributed by atoms with Gasteiger partial charge in [0.15, 0.2) is 9.84 Å². The van der Waals surface area contributed by atoms with Crippen molar-refractivity contribution in [3.05, 3.63) is 64.7 Å². The molecular formula is C25H27ClF5NO6S2. The van der Waals surface area contributed by atoms with Crippen LogP contribution in [-0.4, -0.2) is 50.8 Å². The molecule has 0 aromatic heterocycles. The second-order valence-corrected chi connectivity index (χ2v) is 15.0. The predicted octanol–water partition coefficient (Wildman–Crippen LogP) is 5.72. The third-order valence-corrected chi connectivity index (χ3v) is 10.8. The van der Waals surface area contributed by atoms with E-state index in [0.717, 1.165) is 18.2 Å². The summed E-state index contributed by atoms with van der Waals surface area (Å²) in [6, 6.07) is 5.18. The zero-order valence-corrected chi connectivity index (χ0v) is 24.0. The van der Waals surface area contributed by atoms with Crippen molar-refractivity contribution in [2.45, 2.75) is 73.2 Å². The minimum atomic E-state index is -6.00. The molecule has 0 radical (unpaired) electrons. The maximum atomic E-state index is 15.0. The van der Waals surface area contributed by atoms with Gasteiger partial charge in [-0.2, -0.15) is 17.5 Å². The third-order valence-electron chi connectivity index (χ3n) is 6.38.